The van der Waals surface area contributed by atoms with Gasteiger partial charge in [-0.3, -0.25) is 5.21 Å². The van der Waals surface area contributed by atoms with Crippen LogP contribution < -0.4 is 5.59 Å². The van der Waals surface area contributed by atoms with Crippen molar-refractivity contribution in [3.63, 3.8) is 0 Å². The van der Waals surface area contributed by atoms with Crippen LogP contribution in [-0.2, 0) is 4.74 Å². The lowest BCUT2D eigenvalue weighted by Gasteiger charge is -2.02. The average molecular weight is 229 g/mol. The smallest absolute Gasteiger partial charge is 0.339 e. The van der Waals surface area contributed by atoms with Gasteiger partial charge < -0.3 is 4.74 Å². The van der Waals surface area contributed by atoms with Crippen LogP contribution in [0.1, 0.15) is 15.9 Å². The lowest BCUT2D eigenvalue weighted by atomic mass is 10.1. The highest BCUT2D eigenvalue weighted by Gasteiger charge is 2.09. The number of carbonyl (C=O) groups is 1. The molecule has 0 bridgehead atoms. The van der Waals surface area contributed by atoms with Gasteiger partial charge in [-0.2, -0.15) is 10.7 Å². The molecule has 0 amide bonds. The Morgan fingerprint density at radius 1 is 1.67 bits per heavy atom. The predicted molar refractivity (Wildman–Crippen MR) is 55.3 cm³/mol. The lowest BCUT2D eigenvalue weighted by molar-refractivity contribution is 0.0601. The molecule has 0 spiro atoms. The highest BCUT2D eigenvalue weighted by atomic mass is 35.5. The number of halogens is 1. The molecule has 6 heteroatoms. The molecule has 5 nitrogen and oxygen atoms in total. The Hall–Kier alpha value is -1.59. The molecule has 80 valence electrons. The van der Waals surface area contributed by atoms with E-state index in [0.29, 0.717) is 5.56 Å². The summed E-state index contributed by atoms with van der Waals surface area (Å²) in [6, 6.07) is 4.68. The summed E-state index contributed by atoms with van der Waals surface area (Å²) >= 11 is 5.84. The van der Waals surface area contributed by atoms with E-state index >= 15 is 0 Å². The minimum Gasteiger partial charge on any atom is -0.465 e. The number of esters is 1. The second-order valence-corrected chi connectivity index (χ2v) is 3.00. The minimum atomic E-state index is -0.497. The number of hydrogen-bond acceptors (Lipinski definition) is 5. The monoisotopic (exact) mass is 228 g/mol. The fourth-order valence-corrected chi connectivity index (χ4v) is 1.26. The quantitative estimate of drug-likeness (QED) is 0.467. The zero-order chi connectivity index (χ0) is 11.3. The van der Waals surface area contributed by atoms with Crippen molar-refractivity contribution < 1.29 is 14.7 Å². The number of carbonyl (C=O) groups excluding carboxylic acids is 1. The van der Waals surface area contributed by atoms with Crippen LogP contribution in [0.5, 0.6) is 0 Å². The van der Waals surface area contributed by atoms with Crippen LogP contribution in [0.4, 0.5) is 0 Å². The summed E-state index contributed by atoms with van der Waals surface area (Å²) in [4.78, 5) is 11.2. The largest absolute Gasteiger partial charge is 0.465 e. The van der Waals surface area contributed by atoms with Gasteiger partial charge >= 0.3 is 5.97 Å². The Balaban J connectivity index is 2.98. The molecule has 0 aromatic heterocycles. The molecule has 0 aliphatic heterocycles. The topological polar surface area (TPSA) is 70.9 Å². The second-order valence-electron chi connectivity index (χ2n) is 2.59. The van der Waals surface area contributed by atoms with Crippen LogP contribution in [-0.4, -0.2) is 24.5 Å². The van der Waals surface area contributed by atoms with Crippen molar-refractivity contribution in [1.29, 1.82) is 0 Å². The first kappa shape index (κ1) is 11.5. The van der Waals surface area contributed by atoms with E-state index in [1.165, 1.54) is 25.5 Å². The molecule has 0 aliphatic rings. The highest BCUT2D eigenvalue weighted by Crippen LogP contribution is 2.17. The van der Waals surface area contributed by atoms with Crippen LogP contribution in [0.15, 0.2) is 23.3 Å². The van der Waals surface area contributed by atoms with E-state index in [9.17, 15) is 4.79 Å². The molecule has 1 aromatic carbocycles. The highest BCUT2D eigenvalue weighted by molar-refractivity contribution is 6.33. The summed E-state index contributed by atoms with van der Waals surface area (Å²) < 4.78 is 4.53. The summed E-state index contributed by atoms with van der Waals surface area (Å²) in [5, 5.41) is 11.9. The Labute approximate surface area is 91.3 Å². The van der Waals surface area contributed by atoms with Crippen molar-refractivity contribution >= 4 is 23.8 Å². The molecule has 1 aromatic rings. The first-order valence-corrected chi connectivity index (χ1v) is 4.37. The van der Waals surface area contributed by atoms with Crippen LogP contribution in [0, 0.1) is 0 Å². The van der Waals surface area contributed by atoms with Gasteiger partial charge in [-0.1, -0.05) is 17.7 Å². The summed E-state index contributed by atoms with van der Waals surface area (Å²) in [6.45, 7) is 0. The third kappa shape index (κ3) is 2.93. The lowest BCUT2D eigenvalue weighted by Crippen LogP contribution is -2.02. The fraction of sp³-hybridized carbons (Fsp3) is 0.111. The normalized spacial score (nSPS) is 10.3. The zero-order valence-electron chi connectivity index (χ0n) is 7.90. The summed E-state index contributed by atoms with van der Waals surface area (Å²) in [5.41, 5.74) is 2.55. The molecule has 0 radical (unpaired) electrons. The maximum atomic E-state index is 11.2. The third-order valence-electron chi connectivity index (χ3n) is 1.67. The van der Waals surface area contributed by atoms with Gasteiger partial charge in [0.1, 0.15) is 0 Å². The number of nitrogens with one attached hydrogen (secondary N) is 1. The van der Waals surface area contributed by atoms with Crippen molar-refractivity contribution in [3.8, 4) is 0 Å². The van der Waals surface area contributed by atoms with Gasteiger partial charge in [0.25, 0.3) is 0 Å². The molecular formula is C9H9ClN2O3. The van der Waals surface area contributed by atoms with Gasteiger partial charge in [-0.15, -0.1) is 0 Å². The zero-order valence-corrected chi connectivity index (χ0v) is 8.65. The Morgan fingerprint density at radius 2 is 2.40 bits per heavy atom. The first-order valence-electron chi connectivity index (χ1n) is 3.99. The van der Waals surface area contributed by atoms with E-state index in [1.54, 1.807) is 11.7 Å². The number of nitrogens with zero attached hydrogens (tertiary/aromatic N) is 1. The third-order valence-corrected chi connectivity index (χ3v) is 1.98. The molecule has 1 rings (SSSR count). The fourth-order valence-electron chi connectivity index (χ4n) is 0.991. The Bertz CT molecular complexity index is 393. The molecule has 0 fully saturated rings. The second kappa shape index (κ2) is 5.33. The number of hydrazone groups is 1. The number of benzene rings is 1. The summed E-state index contributed by atoms with van der Waals surface area (Å²) in [6.07, 6.45) is 1.35. The van der Waals surface area contributed by atoms with E-state index < -0.39 is 5.97 Å². The van der Waals surface area contributed by atoms with Crippen LogP contribution in [0.25, 0.3) is 0 Å². The summed E-state index contributed by atoms with van der Waals surface area (Å²) in [7, 11) is 1.28. The van der Waals surface area contributed by atoms with Gasteiger partial charge in [0.2, 0.25) is 0 Å². The van der Waals surface area contributed by atoms with Crippen molar-refractivity contribution in [3.05, 3.63) is 34.3 Å². The molecule has 0 unspecified atom stereocenters. The Kier molecular flexibility index (Phi) is 4.08. The molecule has 0 heterocycles. The van der Waals surface area contributed by atoms with Gasteiger partial charge in [0.15, 0.2) is 0 Å². The molecule has 0 saturated heterocycles. The van der Waals surface area contributed by atoms with E-state index in [1.807, 2.05) is 0 Å². The molecule has 0 saturated carbocycles. The average Bonchev–Trinajstić information content (AvgIpc) is 2.25. The van der Waals surface area contributed by atoms with Gasteiger partial charge in [0, 0.05) is 0 Å². The standard InChI is InChI=1S/C9H9ClN2O3/c1-15-9(13)7-3-2-6(4-8(7)10)5-11-12-14/h2-5,12,14H,1H3. The molecular weight excluding hydrogens is 220 g/mol. The van der Waals surface area contributed by atoms with Crippen molar-refractivity contribution in [2.45, 2.75) is 0 Å². The van der Waals surface area contributed by atoms with Crippen molar-refractivity contribution in [1.82, 2.24) is 5.59 Å². The van der Waals surface area contributed by atoms with E-state index in [4.69, 9.17) is 16.8 Å². The maximum Gasteiger partial charge on any atom is 0.339 e. The SMILES string of the molecule is COC(=O)c1ccc(C=NNO)cc1Cl. The number of hydrogen-bond donors (Lipinski definition) is 2. The maximum absolute atomic E-state index is 11.2. The van der Waals surface area contributed by atoms with Crippen LogP contribution in [0.2, 0.25) is 5.02 Å². The number of rotatable bonds is 3. The van der Waals surface area contributed by atoms with E-state index in [0.717, 1.165) is 0 Å². The molecule has 0 aliphatic carbocycles. The molecule has 0 atom stereocenters. The van der Waals surface area contributed by atoms with Crippen LogP contribution >= 0.6 is 11.6 Å². The Morgan fingerprint density at radius 3 is 2.93 bits per heavy atom. The number of methoxy groups -OCH3 is 1. The van der Waals surface area contributed by atoms with E-state index in [-0.39, 0.29) is 10.6 Å². The van der Waals surface area contributed by atoms with Crippen LogP contribution in [0.3, 0.4) is 0 Å². The summed E-state index contributed by atoms with van der Waals surface area (Å²) in [5.74, 6) is -0.497. The molecule has 15 heavy (non-hydrogen) atoms. The predicted octanol–water partition coefficient (Wildman–Crippen LogP) is 1.44. The minimum absolute atomic E-state index is 0.267. The van der Waals surface area contributed by atoms with Crippen molar-refractivity contribution in [2.75, 3.05) is 7.11 Å². The first-order chi connectivity index (χ1) is 7.19. The van der Waals surface area contributed by atoms with Gasteiger partial charge in [-0.25, -0.2) is 4.79 Å². The van der Waals surface area contributed by atoms with Crippen molar-refractivity contribution in [2.24, 2.45) is 5.10 Å². The molecule has 2 N–H and O–H groups in total. The van der Waals surface area contributed by atoms with Gasteiger partial charge in [0.05, 0.1) is 23.9 Å². The van der Waals surface area contributed by atoms with Gasteiger partial charge in [-0.05, 0) is 17.7 Å². The van der Waals surface area contributed by atoms with E-state index in [2.05, 4.69) is 9.84 Å². The number of ether oxygens (including phenoxy) is 1.